The topological polar surface area (TPSA) is 85.2 Å². The molecular formula is C14H16ClN3O2. The fourth-order valence-electron chi connectivity index (χ4n) is 1.23. The largest absolute Gasteiger partial charge is 0.394 e. The monoisotopic (exact) mass is 293 g/mol. The normalized spacial score (nSPS) is 11.7. The maximum absolute atomic E-state index is 11.9. The fraction of sp³-hybridized carbons (Fsp3) is 0.286. The van der Waals surface area contributed by atoms with Crippen LogP contribution in [0.15, 0.2) is 36.0 Å². The average molecular weight is 294 g/mol. The number of aliphatic hydroxyl groups is 1. The van der Waals surface area contributed by atoms with Gasteiger partial charge in [0.15, 0.2) is 0 Å². The van der Waals surface area contributed by atoms with E-state index >= 15 is 0 Å². The second-order valence-corrected chi connectivity index (χ2v) is 5.26. The zero-order chi connectivity index (χ0) is 15.2. The molecule has 0 saturated carbocycles. The molecule has 0 heterocycles. The minimum Gasteiger partial charge on any atom is -0.394 e. The number of hydrogen-bond donors (Lipinski definition) is 3. The molecule has 6 heteroatoms. The minimum atomic E-state index is -0.613. The lowest BCUT2D eigenvalue weighted by Gasteiger charge is -2.22. The Morgan fingerprint density at radius 2 is 2.25 bits per heavy atom. The highest BCUT2D eigenvalue weighted by Crippen LogP contribution is 2.15. The molecule has 1 amide bonds. The molecule has 1 aromatic rings. The van der Waals surface area contributed by atoms with Gasteiger partial charge in [0.2, 0.25) is 0 Å². The molecule has 0 atom stereocenters. The first-order chi connectivity index (χ1) is 9.38. The number of rotatable bonds is 5. The van der Waals surface area contributed by atoms with Crippen LogP contribution in [-0.2, 0) is 4.79 Å². The van der Waals surface area contributed by atoms with Gasteiger partial charge in [-0.2, -0.15) is 5.26 Å². The lowest BCUT2D eigenvalue weighted by atomic mass is 10.1. The molecule has 0 fully saturated rings. The number of anilines is 1. The number of aliphatic hydroxyl groups excluding tert-OH is 1. The van der Waals surface area contributed by atoms with Crippen LogP contribution < -0.4 is 10.6 Å². The summed E-state index contributed by atoms with van der Waals surface area (Å²) in [4.78, 5) is 11.9. The summed E-state index contributed by atoms with van der Waals surface area (Å²) in [5.74, 6) is -0.545. The number of nitrogens with zero attached hydrogens (tertiary/aromatic N) is 1. The number of carbonyl (C=O) groups is 1. The summed E-state index contributed by atoms with van der Waals surface area (Å²) in [6, 6.07) is 8.44. The van der Waals surface area contributed by atoms with Gasteiger partial charge in [-0.1, -0.05) is 17.7 Å². The van der Waals surface area contributed by atoms with Crippen molar-refractivity contribution in [3.05, 3.63) is 41.1 Å². The predicted octanol–water partition coefficient (Wildman–Crippen LogP) is 2.05. The number of amides is 1. The second kappa shape index (κ2) is 6.94. The van der Waals surface area contributed by atoms with Crippen LogP contribution in [0, 0.1) is 11.3 Å². The molecule has 0 bridgehead atoms. The van der Waals surface area contributed by atoms with E-state index in [0.29, 0.717) is 10.7 Å². The van der Waals surface area contributed by atoms with E-state index in [2.05, 4.69) is 10.6 Å². The third-order valence-corrected chi connectivity index (χ3v) is 2.69. The van der Waals surface area contributed by atoms with Crippen molar-refractivity contribution in [2.75, 3.05) is 11.9 Å². The van der Waals surface area contributed by atoms with Crippen molar-refractivity contribution in [3.8, 4) is 6.07 Å². The molecular weight excluding hydrogens is 278 g/mol. The Morgan fingerprint density at radius 1 is 1.55 bits per heavy atom. The molecule has 0 radical (unpaired) electrons. The smallest absolute Gasteiger partial charge is 0.267 e. The molecule has 1 rings (SSSR count). The van der Waals surface area contributed by atoms with Crippen LogP contribution in [0.1, 0.15) is 13.8 Å². The number of benzene rings is 1. The Kier molecular flexibility index (Phi) is 5.56. The van der Waals surface area contributed by atoms with Gasteiger partial charge in [0.1, 0.15) is 11.6 Å². The van der Waals surface area contributed by atoms with E-state index in [1.165, 1.54) is 6.20 Å². The molecule has 0 aliphatic rings. The van der Waals surface area contributed by atoms with Crippen molar-refractivity contribution in [1.29, 1.82) is 5.26 Å². The van der Waals surface area contributed by atoms with E-state index in [0.717, 1.165) is 0 Å². The second-order valence-electron chi connectivity index (χ2n) is 4.82. The zero-order valence-electron chi connectivity index (χ0n) is 11.3. The van der Waals surface area contributed by atoms with Gasteiger partial charge in [-0.05, 0) is 32.0 Å². The molecule has 106 valence electrons. The highest BCUT2D eigenvalue weighted by molar-refractivity contribution is 6.31. The first kappa shape index (κ1) is 16.0. The summed E-state index contributed by atoms with van der Waals surface area (Å²) in [7, 11) is 0. The molecule has 0 aliphatic heterocycles. The van der Waals surface area contributed by atoms with Crippen LogP contribution >= 0.6 is 11.6 Å². The van der Waals surface area contributed by atoms with Crippen molar-refractivity contribution in [3.63, 3.8) is 0 Å². The van der Waals surface area contributed by atoms with Crippen LogP contribution in [0.4, 0.5) is 5.69 Å². The molecule has 0 aromatic heterocycles. The Labute approximate surface area is 122 Å². The molecule has 3 N–H and O–H groups in total. The average Bonchev–Trinajstić information content (AvgIpc) is 2.39. The van der Waals surface area contributed by atoms with Crippen LogP contribution in [0.5, 0.6) is 0 Å². The Morgan fingerprint density at radius 3 is 2.80 bits per heavy atom. The maximum atomic E-state index is 11.9. The van der Waals surface area contributed by atoms with Gasteiger partial charge >= 0.3 is 0 Å². The van der Waals surface area contributed by atoms with Crippen molar-refractivity contribution in [2.24, 2.45) is 0 Å². The van der Waals surface area contributed by atoms with Crippen LogP contribution in [0.2, 0.25) is 5.02 Å². The molecule has 5 nitrogen and oxygen atoms in total. The van der Waals surface area contributed by atoms with Crippen molar-refractivity contribution in [1.82, 2.24) is 5.32 Å². The molecule has 1 aromatic carbocycles. The molecule has 0 unspecified atom stereocenters. The Bertz CT molecular complexity index is 562. The summed E-state index contributed by atoms with van der Waals surface area (Å²) in [6.45, 7) is 3.36. The summed E-state index contributed by atoms with van der Waals surface area (Å²) in [6.07, 6.45) is 1.29. The van der Waals surface area contributed by atoms with E-state index in [-0.39, 0.29) is 12.2 Å². The van der Waals surface area contributed by atoms with Gasteiger partial charge in [0.25, 0.3) is 5.91 Å². The fourth-order valence-corrected chi connectivity index (χ4v) is 1.42. The molecule has 0 aliphatic carbocycles. The summed E-state index contributed by atoms with van der Waals surface area (Å²) < 4.78 is 0. The van der Waals surface area contributed by atoms with E-state index in [1.807, 2.05) is 0 Å². The van der Waals surface area contributed by atoms with Crippen molar-refractivity contribution >= 4 is 23.2 Å². The third kappa shape index (κ3) is 4.92. The summed E-state index contributed by atoms with van der Waals surface area (Å²) >= 11 is 5.81. The standard InChI is InChI=1S/C14H16ClN3O2/c1-14(2,9-19)17-8-10(7-16)13(20)18-12-5-3-4-11(15)6-12/h3-6,8,17,19H,9H2,1-2H3,(H,18,20)/b10-8-. The van der Waals surface area contributed by atoms with Crippen molar-refractivity contribution < 1.29 is 9.90 Å². The summed E-state index contributed by atoms with van der Waals surface area (Å²) in [5, 5.41) is 24.0. The number of hydrogen-bond acceptors (Lipinski definition) is 4. The molecule has 0 saturated heterocycles. The minimum absolute atomic E-state index is 0.0912. The van der Waals surface area contributed by atoms with E-state index in [9.17, 15) is 4.79 Å². The van der Waals surface area contributed by atoms with Crippen LogP contribution in [0.3, 0.4) is 0 Å². The molecule has 0 spiro atoms. The third-order valence-electron chi connectivity index (χ3n) is 2.45. The first-order valence-electron chi connectivity index (χ1n) is 5.94. The number of nitrogens with one attached hydrogen (secondary N) is 2. The quantitative estimate of drug-likeness (QED) is 0.573. The van der Waals surface area contributed by atoms with E-state index in [4.69, 9.17) is 22.0 Å². The molecule has 20 heavy (non-hydrogen) atoms. The Hall–Kier alpha value is -2.03. The predicted molar refractivity (Wildman–Crippen MR) is 78.1 cm³/mol. The number of halogens is 1. The maximum Gasteiger partial charge on any atom is 0.267 e. The highest BCUT2D eigenvalue weighted by atomic mass is 35.5. The van der Waals surface area contributed by atoms with E-state index < -0.39 is 11.4 Å². The van der Waals surface area contributed by atoms with Gasteiger partial charge in [-0.15, -0.1) is 0 Å². The Balaban J connectivity index is 2.78. The number of carbonyl (C=O) groups excluding carboxylic acids is 1. The summed E-state index contributed by atoms with van der Waals surface area (Å²) in [5.41, 5.74) is -0.199. The van der Waals surface area contributed by atoms with Gasteiger partial charge in [-0.25, -0.2) is 0 Å². The van der Waals surface area contributed by atoms with E-state index in [1.54, 1.807) is 44.2 Å². The van der Waals surface area contributed by atoms with Gasteiger partial charge < -0.3 is 15.7 Å². The lowest BCUT2D eigenvalue weighted by Crippen LogP contribution is -2.39. The van der Waals surface area contributed by atoms with Gasteiger partial charge in [0.05, 0.1) is 12.1 Å². The zero-order valence-corrected chi connectivity index (χ0v) is 12.0. The van der Waals surface area contributed by atoms with Crippen LogP contribution in [-0.4, -0.2) is 23.2 Å². The SMILES string of the molecule is CC(C)(CO)N/C=C(/C#N)C(=O)Nc1cccc(Cl)c1. The van der Waals surface area contributed by atoms with Crippen molar-refractivity contribution in [2.45, 2.75) is 19.4 Å². The first-order valence-corrected chi connectivity index (χ1v) is 6.31. The highest BCUT2D eigenvalue weighted by Gasteiger charge is 2.16. The van der Waals surface area contributed by atoms with Gasteiger partial charge in [0, 0.05) is 16.9 Å². The van der Waals surface area contributed by atoms with Gasteiger partial charge in [-0.3, -0.25) is 4.79 Å². The number of nitriles is 1. The lowest BCUT2D eigenvalue weighted by molar-refractivity contribution is -0.112. The van der Waals surface area contributed by atoms with Crippen LogP contribution in [0.25, 0.3) is 0 Å².